The van der Waals surface area contributed by atoms with Crippen LogP contribution in [0.2, 0.25) is 0 Å². The lowest BCUT2D eigenvalue weighted by molar-refractivity contribution is 0.302. The number of hydrogen-bond acceptors (Lipinski definition) is 1. The zero-order chi connectivity index (χ0) is 9.78. The van der Waals surface area contributed by atoms with Crippen LogP contribution in [0.4, 0.5) is 0 Å². The van der Waals surface area contributed by atoms with Gasteiger partial charge in [0, 0.05) is 12.5 Å². The quantitative estimate of drug-likeness (QED) is 0.346. The maximum Gasteiger partial charge on any atom is 0.0465 e. The van der Waals surface area contributed by atoms with Crippen molar-refractivity contribution in [3.8, 4) is 0 Å². The SMILES string of the molecule is OCC/C=C/CCCCCCCCl. The lowest BCUT2D eigenvalue weighted by Crippen LogP contribution is -1.80. The van der Waals surface area contributed by atoms with Gasteiger partial charge in [-0.25, -0.2) is 0 Å². The molecule has 0 spiro atoms. The Hall–Kier alpha value is -0.0100. The highest BCUT2D eigenvalue weighted by molar-refractivity contribution is 6.17. The van der Waals surface area contributed by atoms with E-state index in [1.165, 1.54) is 25.7 Å². The fourth-order valence-electron chi connectivity index (χ4n) is 1.20. The van der Waals surface area contributed by atoms with Crippen LogP contribution in [0.15, 0.2) is 12.2 Å². The van der Waals surface area contributed by atoms with Crippen molar-refractivity contribution in [1.82, 2.24) is 0 Å². The van der Waals surface area contributed by atoms with Crippen molar-refractivity contribution in [2.75, 3.05) is 12.5 Å². The van der Waals surface area contributed by atoms with Gasteiger partial charge in [0.2, 0.25) is 0 Å². The average molecular weight is 205 g/mol. The minimum absolute atomic E-state index is 0.270. The summed E-state index contributed by atoms with van der Waals surface area (Å²) in [5, 5.41) is 8.50. The van der Waals surface area contributed by atoms with E-state index in [1.807, 2.05) is 0 Å². The third-order valence-corrected chi connectivity index (χ3v) is 2.23. The number of rotatable bonds is 9. The number of aliphatic hydroxyl groups is 1. The molecular formula is C11H21ClO. The second-order valence-corrected chi connectivity index (χ2v) is 3.61. The summed E-state index contributed by atoms with van der Waals surface area (Å²) >= 11 is 5.56. The molecule has 2 heteroatoms. The fraction of sp³-hybridized carbons (Fsp3) is 0.818. The molecule has 0 fully saturated rings. The normalized spacial score (nSPS) is 11.2. The molecule has 0 atom stereocenters. The van der Waals surface area contributed by atoms with E-state index in [0.29, 0.717) is 0 Å². The lowest BCUT2D eigenvalue weighted by Gasteiger charge is -1.96. The fourth-order valence-corrected chi connectivity index (χ4v) is 1.39. The number of aliphatic hydroxyl groups excluding tert-OH is 1. The smallest absolute Gasteiger partial charge is 0.0465 e. The topological polar surface area (TPSA) is 20.2 Å². The van der Waals surface area contributed by atoms with Crippen LogP contribution in [0.25, 0.3) is 0 Å². The molecule has 0 radical (unpaired) electrons. The molecule has 78 valence electrons. The molecule has 0 aliphatic heterocycles. The number of halogens is 1. The summed E-state index contributed by atoms with van der Waals surface area (Å²) < 4.78 is 0. The van der Waals surface area contributed by atoms with E-state index in [-0.39, 0.29) is 6.61 Å². The molecule has 0 aromatic rings. The average Bonchev–Trinajstić information content (AvgIpc) is 2.16. The Morgan fingerprint density at radius 1 is 0.846 bits per heavy atom. The molecule has 0 unspecified atom stereocenters. The van der Waals surface area contributed by atoms with Crippen molar-refractivity contribution >= 4 is 11.6 Å². The van der Waals surface area contributed by atoms with Gasteiger partial charge in [-0.3, -0.25) is 0 Å². The van der Waals surface area contributed by atoms with Crippen LogP contribution in [0, 0.1) is 0 Å². The number of alkyl halides is 1. The molecule has 1 nitrogen and oxygen atoms in total. The summed E-state index contributed by atoms with van der Waals surface area (Å²) in [4.78, 5) is 0. The Kier molecular flexibility index (Phi) is 12.0. The van der Waals surface area contributed by atoms with Crippen molar-refractivity contribution in [1.29, 1.82) is 0 Å². The van der Waals surface area contributed by atoms with Gasteiger partial charge in [0.25, 0.3) is 0 Å². The molecule has 1 N–H and O–H groups in total. The monoisotopic (exact) mass is 204 g/mol. The van der Waals surface area contributed by atoms with Crippen LogP contribution in [0.1, 0.15) is 44.9 Å². The standard InChI is InChI=1S/C11H21ClO/c12-10-8-6-4-2-1-3-5-7-9-11-13/h5,7,13H,1-4,6,8-11H2/b7-5+. The molecule has 13 heavy (non-hydrogen) atoms. The summed E-state index contributed by atoms with van der Waals surface area (Å²) in [5.41, 5.74) is 0. The summed E-state index contributed by atoms with van der Waals surface area (Å²) in [6.07, 6.45) is 12.5. The Morgan fingerprint density at radius 3 is 2.15 bits per heavy atom. The summed E-state index contributed by atoms with van der Waals surface area (Å²) in [7, 11) is 0. The number of allylic oxidation sites excluding steroid dienone is 1. The maximum absolute atomic E-state index is 8.50. The first-order valence-corrected chi connectivity index (χ1v) is 5.77. The van der Waals surface area contributed by atoms with Gasteiger partial charge < -0.3 is 5.11 Å². The number of unbranched alkanes of at least 4 members (excludes halogenated alkanes) is 5. The zero-order valence-corrected chi connectivity index (χ0v) is 9.10. The molecule has 0 rings (SSSR count). The third-order valence-electron chi connectivity index (χ3n) is 1.97. The molecule has 0 heterocycles. The minimum Gasteiger partial charge on any atom is -0.396 e. The van der Waals surface area contributed by atoms with Crippen molar-refractivity contribution < 1.29 is 5.11 Å². The van der Waals surface area contributed by atoms with Gasteiger partial charge >= 0.3 is 0 Å². The van der Waals surface area contributed by atoms with E-state index in [4.69, 9.17) is 16.7 Å². The van der Waals surface area contributed by atoms with E-state index in [1.54, 1.807) is 0 Å². The van der Waals surface area contributed by atoms with Crippen LogP contribution in [-0.4, -0.2) is 17.6 Å². The largest absolute Gasteiger partial charge is 0.396 e. The Morgan fingerprint density at radius 2 is 1.46 bits per heavy atom. The van der Waals surface area contributed by atoms with Gasteiger partial charge in [0.15, 0.2) is 0 Å². The van der Waals surface area contributed by atoms with Gasteiger partial charge in [-0.05, 0) is 25.7 Å². The van der Waals surface area contributed by atoms with Crippen LogP contribution in [0.5, 0.6) is 0 Å². The van der Waals surface area contributed by atoms with E-state index in [2.05, 4.69) is 12.2 Å². The molecule has 0 aromatic heterocycles. The van der Waals surface area contributed by atoms with Gasteiger partial charge in [-0.1, -0.05) is 31.4 Å². The van der Waals surface area contributed by atoms with E-state index < -0.39 is 0 Å². The van der Waals surface area contributed by atoms with Crippen LogP contribution >= 0.6 is 11.6 Å². The van der Waals surface area contributed by atoms with Gasteiger partial charge in [0.1, 0.15) is 0 Å². The van der Waals surface area contributed by atoms with Crippen molar-refractivity contribution in [2.45, 2.75) is 44.9 Å². The van der Waals surface area contributed by atoms with Crippen molar-refractivity contribution in [2.24, 2.45) is 0 Å². The van der Waals surface area contributed by atoms with E-state index in [9.17, 15) is 0 Å². The first-order valence-electron chi connectivity index (χ1n) is 5.23. The molecule has 0 saturated heterocycles. The van der Waals surface area contributed by atoms with E-state index >= 15 is 0 Å². The predicted octanol–water partition coefficient (Wildman–Crippen LogP) is 3.50. The zero-order valence-electron chi connectivity index (χ0n) is 8.34. The summed E-state index contributed by atoms with van der Waals surface area (Å²) in [5.74, 6) is 0.802. The molecular weight excluding hydrogens is 184 g/mol. The predicted molar refractivity (Wildman–Crippen MR) is 59.3 cm³/mol. The second-order valence-electron chi connectivity index (χ2n) is 3.23. The third kappa shape index (κ3) is 12.0. The van der Waals surface area contributed by atoms with Crippen molar-refractivity contribution in [3.05, 3.63) is 12.2 Å². The Balaban J connectivity index is 2.91. The van der Waals surface area contributed by atoms with Crippen LogP contribution < -0.4 is 0 Å². The molecule has 0 amide bonds. The molecule has 0 bridgehead atoms. The molecule has 0 aliphatic carbocycles. The molecule has 0 saturated carbocycles. The van der Waals surface area contributed by atoms with Crippen LogP contribution in [-0.2, 0) is 0 Å². The van der Waals surface area contributed by atoms with Gasteiger partial charge in [0.05, 0.1) is 0 Å². The van der Waals surface area contributed by atoms with Crippen molar-refractivity contribution in [3.63, 3.8) is 0 Å². The van der Waals surface area contributed by atoms with Crippen LogP contribution in [0.3, 0.4) is 0 Å². The molecule has 0 aliphatic rings. The Labute approximate surface area is 86.8 Å². The highest BCUT2D eigenvalue weighted by atomic mass is 35.5. The molecule has 0 aromatic carbocycles. The minimum atomic E-state index is 0.270. The lowest BCUT2D eigenvalue weighted by atomic mass is 10.1. The maximum atomic E-state index is 8.50. The van der Waals surface area contributed by atoms with E-state index in [0.717, 1.165) is 25.1 Å². The highest BCUT2D eigenvalue weighted by Gasteiger charge is 1.88. The summed E-state index contributed by atoms with van der Waals surface area (Å²) in [6.45, 7) is 0.270. The highest BCUT2D eigenvalue weighted by Crippen LogP contribution is 2.06. The number of hydrogen-bond donors (Lipinski definition) is 1. The first-order chi connectivity index (χ1) is 6.41. The summed E-state index contributed by atoms with van der Waals surface area (Å²) in [6, 6.07) is 0. The van der Waals surface area contributed by atoms with Gasteiger partial charge in [-0.15, -0.1) is 11.6 Å². The Bertz CT molecular complexity index is 113. The van der Waals surface area contributed by atoms with Gasteiger partial charge in [-0.2, -0.15) is 0 Å². The second kappa shape index (κ2) is 12.0. The first kappa shape index (κ1) is 13.0.